The molecular weight excluding hydrogens is 264 g/mol. The van der Waals surface area contributed by atoms with Gasteiger partial charge in [0.1, 0.15) is 0 Å². The van der Waals surface area contributed by atoms with Crippen molar-refractivity contribution in [3.8, 4) is 11.8 Å². The molecule has 5 heteroatoms. The van der Waals surface area contributed by atoms with Gasteiger partial charge in [0.15, 0.2) is 10.2 Å². The maximum absolute atomic E-state index is 10.7. The molecule has 1 aromatic heterocycles. The van der Waals surface area contributed by atoms with Crippen LogP contribution in [0.5, 0.6) is 0 Å². The van der Waals surface area contributed by atoms with Crippen LogP contribution in [0.25, 0.3) is 10.2 Å². The summed E-state index contributed by atoms with van der Waals surface area (Å²) in [6.45, 7) is 1.57. The molecule has 0 saturated carbocycles. The first kappa shape index (κ1) is 12.9. The van der Waals surface area contributed by atoms with E-state index in [9.17, 15) is 4.79 Å². The Morgan fingerprint density at radius 2 is 2.39 bits per heavy atom. The van der Waals surface area contributed by atoms with Crippen molar-refractivity contribution in [2.45, 2.75) is 13.3 Å². The third-order valence-corrected chi connectivity index (χ3v) is 3.86. The van der Waals surface area contributed by atoms with E-state index in [0.717, 1.165) is 21.5 Å². The Bertz CT molecular complexity index is 637. The molecule has 1 heterocycles. The minimum Gasteiger partial charge on any atom is -0.375 e. The molecular formula is C13H12N2OS2. The zero-order chi connectivity index (χ0) is 13.0. The fourth-order valence-electron chi connectivity index (χ4n) is 1.47. The first-order chi connectivity index (χ1) is 8.66. The standard InChI is InChI=1S/C13H12N2OS2/c1-9(16)17-8-3-2-5-10-6-4-7-11-12(10)15-13(14)18-11/h4,6-7H,3,8H2,1H3,(H2,14,15). The number of anilines is 1. The highest BCUT2D eigenvalue weighted by Gasteiger charge is 2.03. The van der Waals surface area contributed by atoms with Crippen LogP contribution < -0.4 is 5.73 Å². The molecule has 0 amide bonds. The van der Waals surface area contributed by atoms with Crippen LogP contribution in [-0.4, -0.2) is 15.9 Å². The molecule has 2 rings (SSSR count). The largest absolute Gasteiger partial charge is 0.375 e. The van der Waals surface area contributed by atoms with E-state index in [4.69, 9.17) is 5.73 Å². The molecule has 0 aliphatic heterocycles. The van der Waals surface area contributed by atoms with Crippen LogP contribution in [0.1, 0.15) is 18.9 Å². The number of aromatic nitrogens is 1. The Balaban J connectivity index is 2.12. The summed E-state index contributed by atoms with van der Waals surface area (Å²) in [5, 5.41) is 0.692. The summed E-state index contributed by atoms with van der Waals surface area (Å²) in [4.78, 5) is 15.0. The predicted molar refractivity (Wildman–Crippen MR) is 78.7 cm³/mol. The summed E-state index contributed by atoms with van der Waals surface area (Å²) in [5.74, 6) is 6.88. The van der Waals surface area contributed by atoms with E-state index in [1.54, 1.807) is 6.92 Å². The number of nitrogens with zero attached hydrogens (tertiary/aromatic N) is 1. The number of thiazole rings is 1. The lowest BCUT2D eigenvalue weighted by Crippen LogP contribution is -1.84. The summed E-state index contributed by atoms with van der Waals surface area (Å²) in [6.07, 6.45) is 0.695. The molecule has 0 aliphatic rings. The second-order valence-electron chi connectivity index (χ2n) is 3.60. The number of para-hydroxylation sites is 1. The lowest BCUT2D eigenvalue weighted by Gasteiger charge is -1.92. The molecule has 0 bridgehead atoms. The second kappa shape index (κ2) is 5.89. The number of hydrogen-bond donors (Lipinski definition) is 1. The highest BCUT2D eigenvalue weighted by Crippen LogP contribution is 2.25. The Labute approximate surface area is 114 Å². The summed E-state index contributed by atoms with van der Waals surface area (Å²) in [7, 11) is 0. The quantitative estimate of drug-likeness (QED) is 0.677. The van der Waals surface area contributed by atoms with E-state index in [-0.39, 0.29) is 5.12 Å². The molecule has 0 aliphatic carbocycles. The van der Waals surface area contributed by atoms with E-state index >= 15 is 0 Å². The van der Waals surface area contributed by atoms with Gasteiger partial charge in [-0.15, -0.1) is 0 Å². The Morgan fingerprint density at radius 3 is 3.17 bits per heavy atom. The fraction of sp³-hybridized carbons (Fsp3) is 0.231. The SMILES string of the molecule is CC(=O)SCCC#Cc1cccc2sc(N)nc12. The normalized spacial score (nSPS) is 10.1. The van der Waals surface area contributed by atoms with Crippen molar-refractivity contribution in [2.75, 3.05) is 11.5 Å². The molecule has 0 atom stereocenters. The number of nitrogen functional groups attached to an aromatic ring is 1. The van der Waals surface area contributed by atoms with Crippen LogP contribution in [0.4, 0.5) is 5.13 Å². The molecule has 0 spiro atoms. The first-order valence-corrected chi connectivity index (χ1v) is 7.24. The number of hydrogen-bond acceptors (Lipinski definition) is 5. The maximum Gasteiger partial charge on any atom is 0.185 e. The van der Waals surface area contributed by atoms with Crippen molar-refractivity contribution >= 4 is 43.6 Å². The Kier molecular flexibility index (Phi) is 4.24. The summed E-state index contributed by atoms with van der Waals surface area (Å²) >= 11 is 2.76. The molecule has 92 valence electrons. The lowest BCUT2D eigenvalue weighted by atomic mass is 10.2. The number of benzene rings is 1. The smallest absolute Gasteiger partial charge is 0.185 e. The lowest BCUT2D eigenvalue weighted by molar-refractivity contribution is -0.109. The predicted octanol–water partition coefficient (Wildman–Crippen LogP) is 2.90. The monoisotopic (exact) mass is 276 g/mol. The molecule has 0 saturated heterocycles. The molecule has 3 nitrogen and oxygen atoms in total. The highest BCUT2D eigenvalue weighted by molar-refractivity contribution is 8.13. The van der Waals surface area contributed by atoms with Gasteiger partial charge in [-0.1, -0.05) is 41.0 Å². The molecule has 18 heavy (non-hydrogen) atoms. The van der Waals surface area contributed by atoms with Gasteiger partial charge in [-0.3, -0.25) is 4.79 Å². The van der Waals surface area contributed by atoms with Crippen molar-refractivity contribution in [3.05, 3.63) is 23.8 Å². The van der Waals surface area contributed by atoms with E-state index in [1.165, 1.54) is 23.1 Å². The highest BCUT2D eigenvalue weighted by atomic mass is 32.2. The number of rotatable bonds is 2. The van der Waals surface area contributed by atoms with Gasteiger partial charge in [-0.05, 0) is 12.1 Å². The molecule has 0 radical (unpaired) electrons. The summed E-state index contributed by atoms with van der Waals surface area (Å²) in [5.41, 5.74) is 7.45. The zero-order valence-corrected chi connectivity index (χ0v) is 11.5. The summed E-state index contributed by atoms with van der Waals surface area (Å²) in [6, 6.07) is 5.88. The molecule has 1 aromatic carbocycles. The third-order valence-electron chi connectivity index (χ3n) is 2.19. The molecule has 2 aromatic rings. The van der Waals surface area contributed by atoms with Gasteiger partial charge in [0.25, 0.3) is 0 Å². The van der Waals surface area contributed by atoms with Gasteiger partial charge in [0.2, 0.25) is 0 Å². The van der Waals surface area contributed by atoms with Gasteiger partial charge in [0, 0.05) is 19.1 Å². The van der Waals surface area contributed by atoms with Gasteiger partial charge in [0.05, 0.1) is 15.8 Å². The van der Waals surface area contributed by atoms with E-state index in [0.29, 0.717) is 11.6 Å². The van der Waals surface area contributed by atoms with Gasteiger partial charge >= 0.3 is 0 Å². The third kappa shape index (κ3) is 3.25. The van der Waals surface area contributed by atoms with Gasteiger partial charge in [-0.2, -0.15) is 0 Å². The summed E-state index contributed by atoms with van der Waals surface area (Å²) < 4.78 is 1.05. The number of nitrogens with two attached hydrogens (primary N) is 1. The average Bonchev–Trinajstić information content (AvgIpc) is 2.69. The topological polar surface area (TPSA) is 56.0 Å². The van der Waals surface area contributed by atoms with Crippen LogP contribution in [0.2, 0.25) is 0 Å². The molecule has 0 fully saturated rings. The van der Waals surface area contributed by atoms with Crippen molar-refractivity contribution in [2.24, 2.45) is 0 Å². The molecule has 2 N–H and O–H groups in total. The van der Waals surface area contributed by atoms with Crippen LogP contribution >= 0.6 is 23.1 Å². The van der Waals surface area contributed by atoms with Gasteiger partial charge in [-0.25, -0.2) is 4.98 Å². The fourth-order valence-corrected chi connectivity index (χ4v) is 2.72. The number of thioether (sulfide) groups is 1. The first-order valence-electron chi connectivity index (χ1n) is 5.44. The number of fused-ring (bicyclic) bond motifs is 1. The maximum atomic E-state index is 10.7. The van der Waals surface area contributed by atoms with E-state index < -0.39 is 0 Å². The minimum atomic E-state index is 0.131. The van der Waals surface area contributed by atoms with Crippen molar-refractivity contribution in [1.29, 1.82) is 0 Å². The second-order valence-corrected chi connectivity index (χ2v) is 5.93. The number of carbonyl (C=O) groups excluding carboxylic acids is 1. The minimum absolute atomic E-state index is 0.131. The zero-order valence-electron chi connectivity index (χ0n) is 9.90. The van der Waals surface area contributed by atoms with Crippen LogP contribution in [0.15, 0.2) is 18.2 Å². The number of carbonyl (C=O) groups is 1. The average molecular weight is 276 g/mol. The van der Waals surface area contributed by atoms with E-state index in [2.05, 4.69) is 16.8 Å². The van der Waals surface area contributed by atoms with Crippen molar-refractivity contribution in [1.82, 2.24) is 4.98 Å². The van der Waals surface area contributed by atoms with Crippen molar-refractivity contribution in [3.63, 3.8) is 0 Å². The van der Waals surface area contributed by atoms with Crippen LogP contribution in [-0.2, 0) is 4.79 Å². The van der Waals surface area contributed by atoms with Gasteiger partial charge < -0.3 is 5.73 Å². The van der Waals surface area contributed by atoms with Crippen molar-refractivity contribution < 1.29 is 4.79 Å². The van der Waals surface area contributed by atoms with Crippen LogP contribution in [0, 0.1) is 11.8 Å². The van der Waals surface area contributed by atoms with Crippen LogP contribution in [0.3, 0.4) is 0 Å². The molecule has 0 unspecified atom stereocenters. The Morgan fingerprint density at radius 1 is 1.56 bits per heavy atom. The Hall–Kier alpha value is -1.51. The van der Waals surface area contributed by atoms with E-state index in [1.807, 2.05) is 18.2 Å².